The van der Waals surface area contributed by atoms with Crippen LogP contribution in [0.4, 0.5) is 0 Å². The van der Waals surface area contributed by atoms with Crippen molar-refractivity contribution in [3.8, 4) is 0 Å². The summed E-state index contributed by atoms with van der Waals surface area (Å²) in [5.74, 6) is -0.321. The number of rotatable bonds is 7. The second kappa shape index (κ2) is 9.69. The van der Waals surface area contributed by atoms with Gasteiger partial charge < -0.3 is 4.74 Å². The third-order valence-corrected chi connectivity index (χ3v) is 2.59. The summed E-state index contributed by atoms with van der Waals surface area (Å²) in [6.45, 7) is 3.61. The topological polar surface area (TPSA) is 26.3 Å². The number of carbonyl (C=O) groups excluding carboxylic acids is 1. The molecule has 18 heavy (non-hydrogen) atoms. The lowest BCUT2D eigenvalue weighted by atomic mass is 10.1. The van der Waals surface area contributed by atoms with Crippen LogP contribution in [0.15, 0.2) is 34.9 Å². The van der Waals surface area contributed by atoms with E-state index in [1.54, 1.807) is 13.0 Å². The van der Waals surface area contributed by atoms with E-state index in [2.05, 4.69) is 10.8 Å². The van der Waals surface area contributed by atoms with Crippen molar-refractivity contribution in [1.29, 1.82) is 0 Å². The van der Waals surface area contributed by atoms with Crippen LogP contribution in [-0.2, 0) is 9.53 Å². The minimum atomic E-state index is -1.98. The molecule has 0 saturated heterocycles. The van der Waals surface area contributed by atoms with Crippen LogP contribution in [0.1, 0.15) is 57.4 Å². The lowest BCUT2D eigenvalue weighted by Crippen LogP contribution is -1.95. The largest absolute Gasteiger partial charge is 0.466 e. The van der Waals surface area contributed by atoms with Crippen molar-refractivity contribution in [2.75, 3.05) is 7.11 Å². The molecule has 0 aromatic carbocycles. The molecule has 0 aromatic rings. The van der Waals surface area contributed by atoms with E-state index < -0.39 is 6.85 Å². The zero-order valence-corrected chi connectivity index (χ0v) is 11.9. The highest BCUT2D eigenvalue weighted by molar-refractivity contribution is 5.82. The highest BCUT2D eigenvalue weighted by atomic mass is 16.5. The van der Waals surface area contributed by atoms with Crippen molar-refractivity contribution in [3.63, 3.8) is 0 Å². The molecule has 2 heteroatoms. The molecule has 0 amide bonds. The molecule has 2 nitrogen and oxygen atoms in total. The number of ether oxygens (including phenoxy) is 1. The Hall–Kier alpha value is -1.31. The molecule has 0 bridgehead atoms. The molecule has 0 aliphatic heterocycles. The van der Waals surface area contributed by atoms with Gasteiger partial charge in [-0.25, -0.2) is 4.79 Å². The van der Waals surface area contributed by atoms with E-state index in [0.29, 0.717) is 5.57 Å². The zero-order valence-electron chi connectivity index (χ0n) is 14.9. The van der Waals surface area contributed by atoms with E-state index in [-0.39, 0.29) is 5.97 Å². The molecule has 0 N–H and O–H groups in total. The number of hydrogen-bond donors (Lipinski definition) is 0. The van der Waals surface area contributed by atoms with Crippen LogP contribution >= 0.6 is 0 Å². The summed E-state index contributed by atoms with van der Waals surface area (Å²) in [6, 6.07) is 0. The second-order valence-corrected chi connectivity index (χ2v) is 4.53. The average Bonchev–Trinajstić information content (AvgIpc) is 2.37. The molecule has 0 fully saturated rings. The Morgan fingerprint density at radius 3 is 2.33 bits per heavy atom. The molecular weight excluding hydrogens is 224 g/mol. The monoisotopic (exact) mass is 253 g/mol. The van der Waals surface area contributed by atoms with Gasteiger partial charge in [0.15, 0.2) is 0 Å². The first-order chi connectivity index (χ1) is 9.66. The first-order valence-electron chi connectivity index (χ1n) is 7.74. The Bertz CT molecular complexity index is 429. The predicted molar refractivity (Wildman–Crippen MR) is 77.4 cm³/mol. The molecule has 0 unspecified atom stereocenters. The van der Waals surface area contributed by atoms with Crippen LogP contribution in [0, 0.1) is 0 Å². The molecule has 0 saturated carbocycles. The summed E-state index contributed by atoms with van der Waals surface area (Å²) in [4.78, 5) is 11.0. The van der Waals surface area contributed by atoms with E-state index in [1.165, 1.54) is 18.8 Å². The van der Waals surface area contributed by atoms with Gasteiger partial charge in [-0.1, -0.05) is 28.9 Å². The van der Waals surface area contributed by atoms with Crippen molar-refractivity contribution in [3.05, 3.63) is 34.9 Å². The summed E-state index contributed by atoms with van der Waals surface area (Å²) in [5, 5.41) is 0. The van der Waals surface area contributed by atoms with Gasteiger partial charge in [-0.2, -0.15) is 0 Å². The van der Waals surface area contributed by atoms with E-state index in [0.717, 1.165) is 31.3 Å². The highest BCUT2D eigenvalue weighted by Gasteiger charge is 1.96. The third-order valence-electron chi connectivity index (χ3n) is 2.59. The Morgan fingerprint density at radius 2 is 1.72 bits per heavy atom. The minimum Gasteiger partial charge on any atom is -0.466 e. The molecule has 0 radical (unpaired) electrons. The molecule has 0 aromatic heterocycles. The van der Waals surface area contributed by atoms with Crippen molar-refractivity contribution < 1.29 is 13.6 Å². The van der Waals surface area contributed by atoms with Gasteiger partial charge in [-0.15, -0.1) is 0 Å². The van der Waals surface area contributed by atoms with Gasteiger partial charge in [-0.05, 0) is 53.3 Å². The van der Waals surface area contributed by atoms with Gasteiger partial charge in [0.1, 0.15) is 0 Å². The molecule has 0 rings (SSSR count). The lowest BCUT2D eigenvalue weighted by Gasteiger charge is -2.01. The first-order valence-corrected chi connectivity index (χ1v) is 6.24. The molecule has 102 valence electrons. The van der Waals surface area contributed by atoms with Crippen molar-refractivity contribution in [2.24, 2.45) is 0 Å². The Balaban J connectivity index is 4.17. The van der Waals surface area contributed by atoms with Gasteiger partial charge in [-0.3, -0.25) is 0 Å². The summed E-state index contributed by atoms with van der Waals surface area (Å²) < 4.78 is 26.3. The van der Waals surface area contributed by atoms with Crippen molar-refractivity contribution in [2.45, 2.75) is 53.3 Å². The van der Waals surface area contributed by atoms with Crippen LogP contribution in [0.25, 0.3) is 0 Å². The van der Waals surface area contributed by atoms with Crippen molar-refractivity contribution in [1.82, 2.24) is 0 Å². The smallest absolute Gasteiger partial charge is 0.330 e. The Labute approximate surface area is 116 Å². The third kappa shape index (κ3) is 9.88. The molecule has 0 atom stereocenters. The molecule has 0 aliphatic rings. The maximum Gasteiger partial charge on any atom is 0.330 e. The quantitative estimate of drug-likeness (QED) is 0.377. The lowest BCUT2D eigenvalue weighted by molar-refractivity contribution is -0.134. The molecular formula is C16H26O2. The van der Waals surface area contributed by atoms with Gasteiger partial charge >= 0.3 is 5.97 Å². The fourth-order valence-corrected chi connectivity index (χ4v) is 1.50. The second-order valence-electron chi connectivity index (χ2n) is 4.53. The standard InChI is InChI=1S/C16H26O2/c1-13(2)8-6-9-14(3)10-7-11-15(4)12-16(17)18-5/h8,10,12H,6-7,9,11H2,1-5H3/b14-10+,15-12+/i1D3/b13-8?,14-10+,15-12+. The van der Waals surface area contributed by atoms with Crippen molar-refractivity contribution >= 4 is 5.97 Å². The van der Waals surface area contributed by atoms with Crippen LogP contribution in [0.3, 0.4) is 0 Å². The summed E-state index contributed by atoms with van der Waals surface area (Å²) in [7, 11) is 1.37. The van der Waals surface area contributed by atoms with Crippen LogP contribution in [0.5, 0.6) is 0 Å². The van der Waals surface area contributed by atoms with E-state index >= 15 is 0 Å². The Morgan fingerprint density at radius 1 is 1.11 bits per heavy atom. The first kappa shape index (κ1) is 11.8. The van der Waals surface area contributed by atoms with E-state index in [1.807, 2.05) is 13.8 Å². The minimum absolute atomic E-state index is 0.321. The number of carbonyl (C=O) groups is 1. The summed E-state index contributed by atoms with van der Waals surface area (Å²) >= 11 is 0. The normalized spacial score (nSPS) is 16.9. The maximum absolute atomic E-state index is 11.0. The van der Waals surface area contributed by atoms with Gasteiger partial charge in [0.2, 0.25) is 0 Å². The zero-order chi connectivity index (χ0) is 16.5. The van der Waals surface area contributed by atoms with Crippen LogP contribution < -0.4 is 0 Å². The Kier molecular flexibility index (Phi) is 6.33. The molecule has 0 aliphatic carbocycles. The SMILES string of the molecule is [2H]C([2H])([2H])C(C)=CCC/C(C)=C/CC/C(C)=C/C(=O)OC. The summed E-state index contributed by atoms with van der Waals surface area (Å²) in [6.07, 6.45) is 8.70. The average molecular weight is 253 g/mol. The van der Waals surface area contributed by atoms with Gasteiger partial charge in [0.25, 0.3) is 0 Å². The van der Waals surface area contributed by atoms with Crippen LogP contribution in [0.2, 0.25) is 0 Å². The van der Waals surface area contributed by atoms with E-state index in [4.69, 9.17) is 4.11 Å². The summed E-state index contributed by atoms with van der Waals surface area (Å²) in [5.41, 5.74) is 2.67. The maximum atomic E-state index is 11.0. The van der Waals surface area contributed by atoms with Gasteiger partial charge in [0.05, 0.1) is 7.11 Å². The van der Waals surface area contributed by atoms with Gasteiger partial charge in [0, 0.05) is 10.2 Å². The number of methoxy groups -OCH3 is 1. The van der Waals surface area contributed by atoms with Crippen LogP contribution in [-0.4, -0.2) is 13.1 Å². The highest BCUT2D eigenvalue weighted by Crippen LogP contribution is 2.11. The number of hydrogen-bond acceptors (Lipinski definition) is 2. The molecule has 0 heterocycles. The fraction of sp³-hybridized carbons (Fsp3) is 0.562. The predicted octanol–water partition coefficient (Wildman–Crippen LogP) is 4.58. The fourth-order valence-electron chi connectivity index (χ4n) is 1.50. The van der Waals surface area contributed by atoms with E-state index in [9.17, 15) is 4.79 Å². The number of esters is 1. The number of allylic oxidation sites excluding steroid dienone is 5. The molecule has 0 spiro atoms.